The smallest absolute Gasteiger partial charge is 0.143 e. The molecule has 0 unspecified atom stereocenters. The Kier molecular flexibility index (Phi) is 8.60. The predicted octanol–water partition coefficient (Wildman–Crippen LogP) is 15.9. The number of hydrogen-bond acceptors (Lipinski definition) is 2. The summed E-state index contributed by atoms with van der Waals surface area (Å²) in [5, 5.41) is 7.01. The van der Waals surface area contributed by atoms with Gasteiger partial charge in [-0.15, -0.1) is 0 Å². The van der Waals surface area contributed by atoms with Gasteiger partial charge >= 0.3 is 0 Å². The van der Waals surface area contributed by atoms with E-state index in [1.807, 2.05) is 0 Å². The van der Waals surface area contributed by atoms with Crippen LogP contribution in [0.1, 0.15) is 5.56 Å². The number of benzene rings is 10. The van der Waals surface area contributed by atoms with Crippen LogP contribution in [0, 0.1) is 0 Å². The topological polar surface area (TPSA) is 16.4 Å². The van der Waals surface area contributed by atoms with Crippen LogP contribution in [0.5, 0.6) is 0 Å². The fourth-order valence-electron chi connectivity index (χ4n) is 8.87. The Morgan fingerprint density at radius 3 is 1.69 bits per heavy atom. The van der Waals surface area contributed by atoms with Gasteiger partial charge in [-0.1, -0.05) is 194 Å². The Bertz CT molecular complexity index is 3280. The molecule has 0 aliphatic rings. The van der Waals surface area contributed by atoms with Crippen molar-refractivity contribution in [1.82, 2.24) is 0 Å². The van der Waals surface area contributed by atoms with Crippen LogP contribution >= 0.6 is 0 Å². The Hall–Kier alpha value is -7.68. The van der Waals surface area contributed by atoms with Gasteiger partial charge in [-0.3, -0.25) is 0 Å². The van der Waals surface area contributed by atoms with Crippen molar-refractivity contribution >= 4 is 54.9 Å². The first-order chi connectivity index (χ1) is 29.3. The molecule has 0 amide bonds. The highest BCUT2D eigenvalue weighted by molar-refractivity contribution is 6.17. The van der Waals surface area contributed by atoms with E-state index in [0.29, 0.717) is 6.54 Å². The number of anilines is 2. The molecule has 10 aromatic carbocycles. The standard InChI is InChI=1S/C57H39NO/c1-3-15-40(16-4-1)48-35-32-44(37-54(48)42-17-5-2-6-18-42)39-29-33-46(34-30-39)58(55-28-13-22-41-19-7-11-24-49(41)55)38-45-21-9-10-23-47(45)51-26-14-27-52-53-36-31-43-20-8-12-25-50(43)56(53)59-57(51)52/h1-37H,38H2. The highest BCUT2D eigenvalue weighted by Gasteiger charge is 2.20. The minimum absolute atomic E-state index is 0.660. The summed E-state index contributed by atoms with van der Waals surface area (Å²) in [6.45, 7) is 0.660. The monoisotopic (exact) mass is 753 g/mol. The van der Waals surface area contributed by atoms with E-state index >= 15 is 0 Å². The molecule has 0 fully saturated rings. The highest BCUT2D eigenvalue weighted by atomic mass is 16.3. The summed E-state index contributed by atoms with van der Waals surface area (Å²) >= 11 is 0. The highest BCUT2D eigenvalue weighted by Crippen LogP contribution is 2.42. The van der Waals surface area contributed by atoms with Crippen LogP contribution in [0.15, 0.2) is 229 Å². The lowest BCUT2D eigenvalue weighted by Gasteiger charge is -2.28. The minimum atomic E-state index is 0.660. The van der Waals surface area contributed by atoms with Gasteiger partial charge < -0.3 is 9.32 Å². The van der Waals surface area contributed by atoms with E-state index in [-0.39, 0.29) is 0 Å². The molecule has 1 heterocycles. The van der Waals surface area contributed by atoms with Gasteiger partial charge in [0.25, 0.3) is 0 Å². The molecule has 2 heteroatoms. The summed E-state index contributed by atoms with van der Waals surface area (Å²) in [5.74, 6) is 0. The summed E-state index contributed by atoms with van der Waals surface area (Å²) in [4.78, 5) is 2.46. The SMILES string of the molecule is c1ccc(-c2ccc(-c3ccc(N(Cc4ccccc4-c4cccc5c4oc4c6ccccc6ccc54)c4cccc5ccccc45)cc3)cc2-c2ccccc2)cc1. The second kappa shape index (κ2) is 14.7. The third-order valence-corrected chi connectivity index (χ3v) is 11.8. The molecule has 0 aliphatic heterocycles. The van der Waals surface area contributed by atoms with E-state index in [2.05, 4.69) is 229 Å². The van der Waals surface area contributed by atoms with Gasteiger partial charge in [-0.2, -0.15) is 0 Å². The quantitative estimate of drug-likeness (QED) is 0.154. The van der Waals surface area contributed by atoms with Crippen molar-refractivity contribution in [3.05, 3.63) is 230 Å². The lowest BCUT2D eigenvalue weighted by molar-refractivity contribution is 0.673. The number of furan rings is 1. The molecule has 0 saturated heterocycles. The molecule has 11 rings (SSSR count). The number of fused-ring (bicyclic) bond motifs is 6. The maximum absolute atomic E-state index is 6.85. The Morgan fingerprint density at radius 2 is 0.898 bits per heavy atom. The molecular formula is C57H39NO. The van der Waals surface area contributed by atoms with Gasteiger partial charge in [0.05, 0.1) is 0 Å². The maximum Gasteiger partial charge on any atom is 0.143 e. The molecule has 1 aromatic heterocycles. The molecule has 0 saturated carbocycles. The summed E-state index contributed by atoms with van der Waals surface area (Å²) < 4.78 is 6.85. The molecule has 0 bridgehead atoms. The lowest BCUT2D eigenvalue weighted by atomic mass is 9.91. The van der Waals surface area contributed by atoms with Crippen molar-refractivity contribution in [2.75, 3.05) is 4.90 Å². The molecule has 0 aliphatic carbocycles. The molecule has 59 heavy (non-hydrogen) atoms. The molecule has 0 radical (unpaired) electrons. The molecule has 0 spiro atoms. The van der Waals surface area contributed by atoms with Crippen LogP contribution in [-0.4, -0.2) is 0 Å². The number of nitrogens with zero attached hydrogens (tertiary/aromatic N) is 1. The van der Waals surface area contributed by atoms with Crippen molar-refractivity contribution in [3.8, 4) is 44.5 Å². The fraction of sp³-hybridized carbons (Fsp3) is 0.0175. The van der Waals surface area contributed by atoms with Gasteiger partial charge in [-0.25, -0.2) is 0 Å². The van der Waals surface area contributed by atoms with Crippen LogP contribution < -0.4 is 4.90 Å². The van der Waals surface area contributed by atoms with Gasteiger partial charge in [-0.05, 0) is 85.6 Å². The van der Waals surface area contributed by atoms with Crippen molar-refractivity contribution in [1.29, 1.82) is 0 Å². The van der Waals surface area contributed by atoms with Crippen molar-refractivity contribution in [3.63, 3.8) is 0 Å². The maximum atomic E-state index is 6.85. The van der Waals surface area contributed by atoms with E-state index < -0.39 is 0 Å². The molecule has 0 N–H and O–H groups in total. The summed E-state index contributed by atoms with van der Waals surface area (Å²) in [6, 6.07) is 80.8. The third kappa shape index (κ3) is 6.23. The first-order valence-electron chi connectivity index (χ1n) is 20.3. The first-order valence-corrected chi connectivity index (χ1v) is 20.3. The van der Waals surface area contributed by atoms with Crippen molar-refractivity contribution < 1.29 is 4.42 Å². The second-order valence-corrected chi connectivity index (χ2v) is 15.2. The van der Waals surface area contributed by atoms with Crippen LogP contribution in [0.25, 0.3) is 88.0 Å². The predicted molar refractivity (Wildman–Crippen MR) is 249 cm³/mol. The zero-order valence-corrected chi connectivity index (χ0v) is 32.4. The van der Waals surface area contributed by atoms with E-state index in [0.717, 1.165) is 49.8 Å². The Balaban J connectivity index is 1.02. The van der Waals surface area contributed by atoms with Crippen LogP contribution in [0.4, 0.5) is 11.4 Å². The molecule has 0 atom stereocenters. The Labute approximate surface area is 343 Å². The molecule has 278 valence electrons. The number of para-hydroxylation sites is 1. The average molecular weight is 754 g/mol. The van der Waals surface area contributed by atoms with Gasteiger partial charge in [0.15, 0.2) is 0 Å². The average Bonchev–Trinajstić information content (AvgIpc) is 3.71. The summed E-state index contributed by atoms with van der Waals surface area (Å²) in [5.41, 5.74) is 14.8. The normalized spacial score (nSPS) is 11.5. The van der Waals surface area contributed by atoms with Gasteiger partial charge in [0.1, 0.15) is 11.2 Å². The van der Waals surface area contributed by atoms with E-state index in [9.17, 15) is 0 Å². The van der Waals surface area contributed by atoms with Crippen LogP contribution in [-0.2, 0) is 6.54 Å². The fourth-order valence-corrected chi connectivity index (χ4v) is 8.87. The molecular weight excluding hydrogens is 715 g/mol. The van der Waals surface area contributed by atoms with Crippen LogP contribution in [0.2, 0.25) is 0 Å². The molecule has 11 aromatic rings. The van der Waals surface area contributed by atoms with E-state index in [4.69, 9.17) is 4.42 Å². The number of hydrogen-bond donors (Lipinski definition) is 0. The zero-order chi connectivity index (χ0) is 39.1. The summed E-state index contributed by atoms with van der Waals surface area (Å²) in [7, 11) is 0. The van der Waals surface area contributed by atoms with E-state index in [1.54, 1.807) is 0 Å². The summed E-state index contributed by atoms with van der Waals surface area (Å²) in [6.07, 6.45) is 0. The largest absolute Gasteiger partial charge is 0.455 e. The Morgan fingerprint density at radius 1 is 0.322 bits per heavy atom. The molecule has 2 nitrogen and oxygen atoms in total. The van der Waals surface area contributed by atoms with Crippen molar-refractivity contribution in [2.45, 2.75) is 6.54 Å². The minimum Gasteiger partial charge on any atom is -0.455 e. The van der Waals surface area contributed by atoms with Crippen molar-refractivity contribution in [2.24, 2.45) is 0 Å². The third-order valence-electron chi connectivity index (χ3n) is 11.8. The second-order valence-electron chi connectivity index (χ2n) is 15.2. The number of rotatable bonds is 8. The first kappa shape index (κ1) is 34.6. The van der Waals surface area contributed by atoms with Gasteiger partial charge in [0.2, 0.25) is 0 Å². The van der Waals surface area contributed by atoms with Gasteiger partial charge in [0, 0.05) is 45.0 Å². The van der Waals surface area contributed by atoms with Crippen LogP contribution in [0.3, 0.4) is 0 Å². The lowest BCUT2D eigenvalue weighted by Crippen LogP contribution is -2.17. The zero-order valence-electron chi connectivity index (χ0n) is 32.4. The van der Waals surface area contributed by atoms with E-state index in [1.165, 1.54) is 55.1 Å².